The standard InChI is InChI=1S/2C17H21NO2.5CH4.CH3.3K.2H3N.2H/c2*1-12(19)16-8-6-14(10-16)4-3-5-15-7-9-17(11-15)18-13(2)20;;;;;;;;;;;;;/h2*6-11,14-15H,3-5H2,1-2H3,(H,18,20);5*1H4;1H3;;;;2*1H3;;/q;;;;;;;-1;3*+1;;;2*-1. The summed E-state index contributed by atoms with van der Waals surface area (Å²) in [6, 6.07) is 0. The Labute approximate surface area is 444 Å². The van der Waals surface area contributed by atoms with Crippen molar-refractivity contribution in [2.75, 3.05) is 0 Å². The quantitative estimate of drug-likeness (QED) is 0.172. The van der Waals surface area contributed by atoms with Crippen LogP contribution in [0.25, 0.3) is 0 Å². The Morgan fingerprint density at radius 3 is 1.00 bits per heavy atom. The number of hydrogen-bond donors (Lipinski definition) is 4. The topological polar surface area (TPSA) is 162 Å². The molecule has 4 atom stereocenters. The Morgan fingerprint density at radius 1 is 0.510 bits per heavy atom. The zero-order chi connectivity index (χ0) is 29.1. The Bertz CT molecular complexity index is 1180. The van der Waals surface area contributed by atoms with E-state index in [4.69, 9.17) is 0 Å². The smallest absolute Gasteiger partial charge is 1.00 e. The number of hydrogen-bond acceptors (Lipinski definition) is 6. The summed E-state index contributed by atoms with van der Waals surface area (Å²) in [6.07, 6.45) is 31.1. The van der Waals surface area contributed by atoms with Crippen LogP contribution < -0.4 is 177 Å². The van der Waals surface area contributed by atoms with Gasteiger partial charge < -0.3 is 33.2 Å². The number of allylic oxidation sites excluding steroid dienone is 14. The largest absolute Gasteiger partial charge is 1.00 e. The van der Waals surface area contributed by atoms with Crippen molar-refractivity contribution >= 4 is 23.4 Å². The number of nitrogens with one attached hydrogen (secondary N) is 2. The molecule has 0 bridgehead atoms. The van der Waals surface area contributed by atoms with Crippen LogP contribution in [0, 0.1) is 31.1 Å². The van der Waals surface area contributed by atoms with Crippen LogP contribution in [-0.4, -0.2) is 23.4 Å². The van der Waals surface area contributed by atoms with Crippen LogP contribution in [0.15, 0.2) is 95.5 Å². The molecule has 4 aliphatic rings. The maximum atomic E-state index is 11.2. The van der Waals surface area contributed by atoms with Crippen molar-refractivity contribution in [3.63, 3.8) is 0 Å². The molecule has 4 rings (SSSR count). The molecular weight excluding hydrogens is 718 g/mol. The number of Topliss-reactive ketones (excluding diaryl/α,β-unsaturated/α-hetero) is 2. The Morgan fingerprint density at radius 2 is 0.765 bits per heavy atom. The first-order valence-corrected chi connectivity index (χ1v) is 14.3. The predicted molar refractivity (Wildman–Crippen MR) is 212 cm³/mol. The van der Waals surface area contributed by atoms with Crippen molar-refractivity contribution in [2.45, 2.75) is 103 Å². The first-order chi connectivity index (χ1) is 19.1. The molecule has 0 aliphatic heterocycles. The number of rotatable bonds is 12. The first kappa shape index (κ1) is 73.2. The molecule has 0 spiro atoms. The van der Waals surface area contributed by atoms with Crippen LogP contribution >= 0.6 is 0 Å². The third-order valence-electron chi connectivity index (χ3n) is 7.27. The number of ketones is 2. The van der Waals surface area contributed by atoms with Crippen LogP contribution in [0.4, 0.5) is 0 Å². The van der Waals surface area contributed by atoms with Gasteiger partial charge in [0.2, 0.25) is 11.8 Å². The summed E-state index contributed by atoms with van der Waals surface area (Å²) in [5.41, 5.74) is 3.48. The third kappa shape index (κ3) is 29.0. The van der Waals surface area contributed by atoms with E-state index in [1.54, 1.807) is 13.8 Å². The fourth-order valence-electron chi connectivity index (χ4n) is 5.22. The maximum absolute atomic E-state index is 11.2. The van der Waals surface area contributed by atoms with Crippen LogP contribution in [0.5, 0.6) is 0 Å². The summed E-state index contributed by atoms with van der Waals surface area (Å²) < 4.78 is 0. The molecule has 8 nitrogen and oxygen atoms in total. The van der Waals surface area contributed by atoms with Crippen molar-refractivity contribution in [1.82, 2.24) is 22.9 Å². The van der Waals surface area contributed by atoms with Gasteiger partial charge in [-0.05, 0) is 75.4 Å². The second kappa shape index (κ2) is 39.3. The predicted octanol–water partition coefficient (Wildman–Crippen LogP) is 1.32. The van der Waals surface area contributed by atoms with E-state index in [1.807, 2.05) is 24.3 Å². The average Bonchev–Trinajstić information content (AvgIpc) is 3.67. The summed E-state index contributed by atoms with van der Waals surface area (Å²) >= 11 is 0. The van der Waals surface area contributed by atoms with Crippen LogP contribution in [0.3, 0.4) is 0 Å². The second-order valence-corrected chi connectivity index (χ2v) is 10.9. The molecule has 0 fully saturated rings. The van der Waals surface area contributed by atoms with Gasteiger partial charge in [-0.1, -0.05) is 111 Å². The molecule has 8 N–H and O–H groups in total. The van der Waals surface area contributed by atoms with Crippen LogP contribution in [0.1, 0.15) is 106 Å². The van der Waals surface area contributed by atoms with E-state index in [0.717, 1.165) is 61.1 Å². The summed E-state index contributed by atoms with van der Waals surface area (Å²) in [7, 11) is 0. The Hall–Kier alpha value is 1.03. The van der Waals surface area contributed by atoms with E-state index < -0.39 is 0 Å². The molecule has 4 unspecified atom stereocenters. The molecule has 0 saturated carbocycles. The van der Waals surface area contributed by atoms with E-state index in [9.17, 15) is 19.2 Å². The van der Waals surface area contributed by atoms with Gasteiger partial charge in [0, 0.05) is 36.4 Å². The SMILES string of the molecule is C.C.C.C.C.CC(=O)NC1=CC(CCCC2C=CC(C(C)=O)=C2)C=C1.CC(=O)NC1=CC(CCCC2C=CC(C(C)=O)=C2)C=C1.N.N.[CH3-].[H-].[H-].[K+].[K+].[K+]. The van der Waals surface area contributed by atoms with Gasteiger partial charge in [0.15, 0.2) is 11.6 Å². The summed E-state index contributed by atoms with van der Waals surface area (Å²) in [6.45, 7) is 6.26. The minimum absolute atomic E-state index is 0. The molecule has 2 amide bonds. The maximum Gasteiger partial charge on any atom is 1.00 e. The number of amides is 2. The van der Waals surface area contributed by atoms with Crippen molar-refractivity contribution < 1.29 is 176 Å². The molecule has 280 valence electrons. The van der Waals surface area contributed by atoms with Gasteiger partial charge in [-0.3, -0.25) is 19.2 Å². The molecule has 0 aromatic carbocycles. The van der Waals surface area contributed by atoms with Gasteiger partial charge in [-0.25, -0.2) is 0 Å². The zero-order valence-corrected chi connectivity index (χ0v) is 38.9. The van der Waals surface area contributed by atoms with Gasteiger partial charge in [0.25, 0.3) is 0 Å². The third-order valence-corrected chi connectivity index (χ3v) is 7.27. The summed E-state index contributed by atoms with van der Waals surface area (Å²) in [4.78, 5) is 44.4. The van der Waals surface area contributed by atoms with Crippen molar-refractivity contribution in [3.8, 4) is 0 Å². The van der Waals surface area contributed by atoms with E-state index >= 15 is 0 Å². The molecule has 0 saturated heterocycles. The van der Waals surface area contributed by atoms with Gasteiger partial charge in [-0.15, -0.1) is 0 Å². The van der Waals surface area contributed by atoms with Gasteiger partial charge in [0.1, 0.15) is 0 Å². The number of carbonyl (C=O) groups excluding carboxylic acids is 4. The van der Waals surface area contributed by atoms with Crippen molar-refractivity contribution in [3.05, 3.63) is 103 Å². The van der Waals surface area contributed by atoms with Crippen LogP contribution in [-0.2, 0) is 19.2 Å². The first-order valence-electron chi connectivity index (χ1n) is 14.3. The molecule has 11 heteroatoms. The minimum atomic E-state index is -0.0282. The monoisotopic (exact) mass is 790 g/mol. The van der Waals surface area contributed by atoms with Crippen LogP contribution in [0.2, 0.25) is 0 Å². The molecule has 0 aromatic rings. The van der Waals surface area contributed by atoms with Crippen molar-refractivity contribution in [2.24, 2.45) is 23.7 Å². The van der Waals surface area contributed by atoms with Crippen molar-refractivity contribution in [1.29, 1.82) is 0 Å². The van der Waals surface area contributed by atoms with E-state index in [2.05, 4.69) is 59.2 Å². The summed E-state index contributed by atoms with van der Waals surface area (Å²) in [5, 5.41) is 5.60. The second-order valence-electron chi connectivity index (χ2n) is 10.9. The summed E-state index contributed by atoms with van der Waals surface area (Å²) in [5.74, 6) is 1.86. The molecule has 4 aliphatic carbocycles. The van der Waals surface area contributed by atoms with Gasteiger partial charge in [0.05, 0.1) is 0 Å². The average molecular weight is 791 g/mol. The Kier molecular flexibility index (Phi) is 56.3. The molecule has 0 aromatic heterocycles. The van der Waals surface area contributed by atoms with E-state index in [0.29, 0.717) is 23.7 Å². The fraction of sp³-hybridized carbons (Fsp3) is 0.475. The molecular formula is C40H73K3N4O4. The Balaban J connectivity index is -0.0000000594. The normalized spacial score (nSPS) is 18.6. The molecule has 0 heterocycles. The fourth-order valence-corrected chi connectivity index (χ4v) is 5.22. The number of carbonyl (C=O) groups is 4. The van der Waals surface area contributed by atoms with E-state index in [-0.39, 0.29) is 237 Å². The molecule has 0 radical (unpaired) electrons. The minimum Gasteiger partial charge on any atom is -1.00 e. The van der Waals surface area contributed by atoms with E-state index in [1.165, 1.54) is 13.8 Å². The van der Waals surface area contributed by atoms with Gasteiger partial charge in [-0.2, -0.15) is 0 Å². The molecule has 51 heavy (non-hydrogen) atoms. The zero-order valence-electron chi connectivity index (χ0n) is 31.5. The van der Waals surface area contributed by atoms with Gasteiger partial charge >= 0.3 is 154 Å².